The van der Waals surface area contributed by atoms with Crippen LogP contribution in [0.1, 0.15) is 30.6 Å². The summed E-state index contributed by atoms with van der Waals surface area (Å²) in [6, 6.07) is 3.93. The normalized spacial score (nSPS) is 16.9. The van der Waals surface area contributed by atoms with Gasteiger partial charge in [-0.25, -0.2) is 4.98 Å². The predicted octanol–water partition coefficient (Wildman–Crippen LogP) is 2.43. The van der Waals surface area contributed by atoms with E-state index in [0.717, 1.165) is 26.1 Å². The molecule has 1 aliphatic rings. The van der Waals surface area contributed by atoms with Crippen LogP contribution in [0, 0.1) is 5.92 Å². The summed E-state index contributed by atoms with van der Waals surface area (Å²) in [7, 11) is 1.95. The molecule has 1 unspecified atom stereocenters. The number of anilines is 1. The second-order valence-corrected chi connectivity index (χ2v) is 5.66. The number of hydrogen-bond donors (Lipinski definition) is 2. The first-order valence-corrected chi connectivity index (χ1v) is 7.27. The van der Waals surface area contributed by atoms with Crippen LogP contribution in [0.4, 0.5) is 5.82 Å². The number of hydrogen-bond acceptors (Lipinski definition) is 4. The molecule has 1 fully saturated rings. The quantitative estimate of drug-likeness (QED) is 0.857. The Morgan fingerprint density at radius 2 is 2.18 bits per heavy atom. The van der Waals surface area contributed by atoms with E-state index in [-0.39, 0.29) is 36.8 Å². The summed E-state index contributed by atoms with van der Waals surface area (Å²) >= 11 is 0. The maximum atomic E-state index is 12.6. The van der Waals surface area contributed by atoms with Gasteiger partial charge in [0.25, 0.3) is 5.91 Å². The third-order valence-corrected chi connectivity index (χ3v) is 3.53. The topological polar surface area (TPSA) is 57.3 Å². The molecule has 1 aliphatic heterocycles. The number of pyridine rings is 1. The van der Waals surface area contributed by atoms with Crippen molar-refractivity contribution in [1.82, 2.24) is 15.2 Å². The molecule has 5 nitrogen and oxygen atoms in total. The molecule has 22 heavy (non-hydrogen) atoms. The third-order valence-electron chi connectivity index (χ3n) is 3.53. The van der Waals surface area contributed by atoms with Crippen LogP contribution in [-0.2, 0) is 0 Å². The Morgan fingerprint density at radius 1 is 1.45 bits per heavy atom. The summed E-state index contributed by atoms with van der Waals surface area (Å²) < 4.78 is 0. The molecule has 0 saturated carbocycles. The van der Waals surface area contributed by atoms with Crippen LogP contribution in [0.5, 0.6) is 0 Å². The highest BCUT2D eigenvalue weighted by Crippen LogP contribution is 2.21. The van der Waals surface area contributed by atoms with Crippen molar-refractivity contribution in [2.75, 3.05) is 32.0 Å². The molecular formula is C15H26Cl2N4O. The van der Waals surface area contributed by atoms with Gasteiger partial charge in [-0.2, -0.15) is 0 Å². The van der Waals surface area contributed by atoms with Gasteiger partial charge in [-0.05, 0) is 51.9 Å². The SMILES string of the molecule is CNCC1CCN(C(=O)c2cccnc2NC(C)C)C1.Cl.Cl. The molecule has 0 bridgehead atoms. The summed E-state index contributed by atoms with van der Waals surface area (Å²) in [6.45, 7) is 6.72. The average molecular weight is 349 g/mol. The standard InChI is InChI=1S/C15H24N4O.2ClH/c1-11(2)18-14-13(5-4-7-17-14)15(20)19-8-6-12(10-19)9-16-3;;/h4-5,7,11-12,16H,6,8-10H2,1-3H3,(H,17,18);2*1H. The zero-order valence-corrected chi connectivity index (χ0v) is 15.0. The highest BCUT2D eigenvalue weighted by Gasteiger charge is 2.27. The van der Waals surface area contributed by atoms with Crippen LogP contribution in [0.3, 0.4) is 0 Å². The Hall–Kier alpha value is -1.04. The second-order valence-electron chi connectivity index (χ2n) is 5.66. The van der Waals surface area contributed by atoms with Gasteiger partial charge in [0.15, 0.2) is 0 Å². The Labute approximate surface area is 145 Å². The van der Waals surface area contributed by atoms with Gasteiger partial charge in [-0.15, -0.1) is 24.8 Å². The number of rotatable bonds is 5. The van der Waals surface area contributed by atoms with E-state index in [9.17, 15) is 4.79 Å². The van der Waals surface area contributed by atoms with Gasteiger partial charge in [0.1, 0.15) is 5.82 Å². The average Bonchev–Trinajstić information content (AvgIpc) is 2.87. The van der Waals surface area contributed by atoms with E-state index in [1.54, 1.807) is 6.20 Å². The molecule has 1 atom stereocenters. The zero-order valence-electron chi connectivity index (χ0n) is 13.3. The molecular weight excluding hydrogens is 323 g/mol. The minimum absolute atomic E-state index is 0. The van der Waals surface area contributed by atoms with Gasteiger partial charge in [-0.3, -0.25) is 4.79 Å². The highest BCUT2D eigenvalue weighted by atomic mass is 35.5. The number of likely N-dealkylation sites (tertiary alicyclic amines) is 1. The van der Waals surface area contributed by atoms with Gasteiger partial charge in [0.05, 0.1) is 5.56 Å². The van der Waals surface area contributed by atoms with Gasteiger partial charge >= 0.3 is 0 Å². The number of carbonyl (C=O) groups is 1. The minimum Gasteiger partial charge on any atom is -0.367 e. The zero-order chi connectivity index (χ0) is 14.5. The van der Waals surface area contributed by atoms with E-state index in [0.29, 0.717) is 17.3 Å². The van der Waals surface area contributed by atoms with E-state index >= 15 is 0 Å². The Balaban J connectivity index is 0.00000220. The fourth-order valence-electron chi connectivity index (χ4n) is 2.61. The summed E-state index contributed by atoms with van der Waals surface area (Å²) in [4.78, 5) is 18.9. The van der Waals surface area contributed by atoms with Crippen molar-refractivity contribution < 1.29 is 4.79 Å². The Bertz CT molecular complexity index is 471. The molecule has 7 heteroatoms. The lowest BCUT2D eigenvalue weighted by atomic mass is 10.1. The number of aromatic nitrogens is 1. The summed E-state index contributed by atoms with van der Waals surface area (Å²) in [5.74, 6) is 1.33. The molecule has 0 spiro atoms. The number of amides is 1. The van der Waals surface area contributed by atoms with Crippen LogP contribution in [0.2, 0.25) is 0 Å². The summed E-state index contributed by atoms with van der Waals surface area (Å²) in [5.41, 5.74) is 0.673. The van der Waals surface area contributed by atoms with Crippen LogP contribution in [-0.4, -0.2) is 48.5 Å². The molecule has 2 N–H and O–H groups in total. The van der Waals surface area contributed by atoms with E-state index in [2.05, 4.69) is 15.6 Å². The van der Waals surface area contributed by atoms with Crippen molar-refractivity contribution >= 4 is 36.5 Å². The number of nitrogens with zero attached hydrogens (tertiary/aromatic N) is 2. The van der Waals surface area contributed by atoms with Gasteiger partial charge < -0.3 is 15.5 Å². The molecule has 0 aliphatic carbocycles. The molecule has 1 aromatic rings. The molecule has 0 aromatic carbocycles. The highest BCUT2D eigenvalue weighted by molar-refractivity contribution is 5.98. The van der Waals surface area contributed by atoms with Crippen molar-refractivity contribution in [3.05, 3.63) is 23.9 Å². The van der Waals surface area contributed by atoms with Gasteiger partial charge in [0, 0.05) is 25.3 Å². The van der Waals surface area contributed by atoms with Crippen LogP contribution in [0.25, 0.3) is 0 Å². The fraction of sp³-hybridized carbons (Fsp3) is 0.600. The van der Waals surface area contributed by atoms with Crippen molar-refractivity contribution in [2.45, 2.75) is 26.3 Å². The first-order valence-electron chi connectivity index (χ1n) is 7.27. The fourth-order valence-corrected chi connectivity index (χ4v) is 2.61. The number of halogens is 2. The minimum atomic E-state index is 0. The monoisotopic (exact) mass is 348 g/mol. The lowest BCUT2D eigenvalue weighted by Gasteiger charge is -2.19. The van der Waals surface area contributed by atoms with E-state index in [1.807, 2.05) is 37.9 Å². The molecule has 2 heterocycles. The second kappa shape index (κ2) is 9.87. The van der Waals surface area contributed by atoms with Crippen molar-refractivity contribution in [3.63, 3.8) is 0 Å². The number of nitrogens with one attached hydrogen (secondary N) is 2. The Morgan fingerprint density at radius 3 is 2.82 bits per heavy atom. The smallest absolute Gasteiger partial charge is 0.257 e. The lowest BCUT2D eigenvalue weighted by Crippen LogP contribution is -2.31. The summed E-state index contributed by atoms with van der Waals surface area (Å²) in [6.07, 6.45) is 2.79. The van der Waals surface area contributed by atoms with Crippen molar-refractivity contribution in [1.29, 1.82) is 0 Å². The predicted molar refractivity (Wildman–Crippen MR) is 95.4 cm³/mol. The third kappa shape index (κ3) is 5.30. The first-order chi connectivity index (χ1) is 9.61. The first kappa shape index (κ1) is 21.0. The molecule has 2 rings (SSSR count). The maximum absolute atomic E-state index is 12.6. The maximum Gasteiger partial charge on any atom is 0.257 e. The van der Waals surface area contributed by atoms with E-state index < -0.39 is 0 Å². The van der Waals surface area contributed by atoms with E-state index in [1.165, 1.54) is 0 Å². The van der Waals surface area contributed by atoms with Gasteiger partial charge in [-0.1, -0.05) is 0 Å². The molecule has 0 radical (unpaired) electrons. The molecule has 1 aromatic heterocycles. The number of carbonyl (C=O) groups excluding carboxylic acids is 1. The van der Waals surface area contributed by atoms with E-state index in [4.69, 9.17) is 0 Å². The van der Waals surface area contributed by atoms with Crippen molar-refractivity contribution in [3.8, 4) is 0 Å². The van der Waals surface area contributed by atoms with Crippen molar-refractivity contribution in [2.24, 2.45) is 5.92 Å². The van der Waals surface area contributed by atoms with Crippen LogP contribution in [0.15, 0.2) is 18.3 Å². The molecule has 1 amide bonds. The molecule has 1 saturated heterocycles. The largest absolute Gasteiger partial charge is 0.367 e. The summed E-state index contributed by atoms with van der Waals surface area (Å²) in [5, 5.41) is 6.43. The van der Waals surface area contributed by atoms with Crippen LogP contribution < -0.4 is 10.6 Å². The Kier molecular flexibility index (Phi) is 9.41. The molecule has 126 valence electrons. The van der Waals surface area contributed by atoms with Crippen LogP contribution >= 0.6 is 24.8 Å². The van der Waals surface area contributed by atoms with Gasteiger partial charge in [0.2, 0.25) is 0 Å². The lowest BCUT2D eigenvalue weighted by molar-refractivity contribution is 0.0788.